The van der Waals surface area contributed by atoms with E-state index in [1.165, 1.54) is 0 Å². The Labute approximate surface area is 179 Å². The van der Waals surface area contributed by atoms with Gasteiger partial charge < -0.3 is 5.32 Å². The number of carbonyl (C=O) groups is 1. The Morgan fingerprint density at radius 3 is 2.16 bits per heavy atom. The summed E-state index contributed by atoms with van der Waals surface area (Å²) < 4.78 is 1.75. The van der Waals surface area contributed by atoms with E-state index < -0.39 is 0 Å². The van der Waals surface area contributed by atoms with E-state index in [4.69, 9.17) is 4.98 Å². The van der Waals surface area contributed by atoms with Gasteiger partial charge in [0.25, 0.3) is 0 Å². The third-order valence-corrected chi connectivity index (χ3v) is 4.88. The van der Waals surface area contributed by atoms with Crippen LogP contribution in [0.3, 0.4) is 0 Å². The van der Waals surface area contributed by atoms with Gasteiger partial charge in [-0.3, -0.25) is 4.79 Å². The second kappa shape index (κ2) is 8.20. The lowest BCUT2D eigenvalue weighted by molar-refractivity contribution is -0.115. The molecule has 0 spiro atoms. The second-order valence-corrected chi connectivity index (χ2v) is 7.12. The van der Waals surface area contributed by atoms with Crippen LogP contribution in [0.5, 0.6) is 0 Å². The van der Waals surface area contributed by atoms with Gasteiger partial charge in [0.15, 0.2) is 17.2 Å². The van der Waals surface area contributed by atoms with Gasteiger partial charge in [0.05, 0.1) is 18.3 Å². The fourth-order valence-electron chi connectivity index (χ4n) is 3.39. The smallest absolute Gasteiger partial charge is 0.230 e. The summed E-state index contributed by atoms with van der Waals surface area (Å²) in [7, 11) is 0. The molecule has 0 fully saturated rings. The van der Waals surface area contributed by atoms with Crippen molar-refractivity contribution in [2.75, 3.05) is 5.32 Å². The molecule has 2 heterocycles. The second-order valence-electron chi connectivity index (χ2n) is 7.12. The average molecular weight is 405 g/mol. The van der Waals surface area contributed by atoms with Crippen LogP contribution in [0.1, 0.15) is 5.56 Å². The van der Waals surface area contributed by atoms with Gasteiger partial charge in [0.2, 0.25) is 5.91 Å². The summed E-state index contributed by atoms with van der Waals surface area (Å²) in [6, 6.07) is 29.1. The number of fused-ring (bicyclic) bond motifs is 1. The molecule has 0 bridgehead atoms. The maximum atomic E-state index is 12.7. The monoisotopic (exact) mass is 405 g/mol. The van der Waals surface area contributed by atoms with Gasteiger partial charge in [-0.25, -0.2) is 14.6 Å². The van der Waals surface area contributed by atoms with Gasteiger partial charge in [-0.05, 0) is 17.7 Å². The summed E-state index contributed by atoms with van der Waals surface area (Å²) in [6.45, 7) is 0. The van der Waals surface area contributed by atoms with E-state index in [0.717, 1.165) is 16.8 Å². The molecule has 0 aliphatic rings. The first kappa shape index (κ1) is 18.7. The Hall–Kier alpha value is -4.32. The van der Waals surface area contributed by atoms with Crippen molar-refractivity contribution in [3.05, 3.63) is 103 Å². The van der Waals surface area contributed by atoms with Crippen LogP contribution >= 0.6 is 0 Å². The number of rotatable bonds is 5. The van der Waals surface area contributed by atoms with Crippen LogP contribution in [0.15, 0.2) is 97.2 Å². The molecule has 1 amide bonds. The highest BCUT2D eigenvalue weighted by Gasteiger charge is 2.16. The van der Waals surface area contributed by atoms with Gasteiger partial charge >= 0.3 is 0 Å². The molecule has 1 N–H and O–H groups in total. The number of hydrogen-bond acceptors (Lipinski definition) is 4. The molecule has 0 unspecified atom stereocenters. The number of hydrogen-bond donors (Lipinski definition) is 1. The zero-order valence-electron chi connectivity index (χ0n) is 16.6. The minimum Gasteiger partial charge on any atom is -0.308 e. The van der Waals surface area contributed by atoms with Crippen molar-refractivity contribution in [1.29, 1.82) is 0 Å². The molecule has 3 aromatic carbocycles. The van der Waals surface area contributed by atoms with Gasteiger partial charge in [-0.15, -0.1) is 0 Å². The lowest BCUT2D eigenvalue weighted by Gasteiger charge is -2.07. The number of benzene rings is 3. The molecule has 6 nitrogen and oxygen atoms in total. The molecule has 5 rings (SSSR count). The van der Waals surface area contributed by atoms with Gasteiger partial charge in [0.1, 0.15) is 5.52 Å². The lowest BCUT2D eigenvalue weighted by atomic mass is 10.1. The van der Waals surface area contributed by atoms with E-state index in [1.807, 2.05) is 97.2 Å². The average Bonchev–Trinajstić information content (AvgIpc) is 3.26. The molecule has 0 aliphatic carbocycles. The van der Waals surface area contributed by atoms with E-state index in [1.54, 1.807) is 4.68 Å². The first-order valence-electron chi connectivity index (χ1n) is 9.98. The summed E-state index contributed by atoms with van der Waals surface area (Å²) in [5.74, 6) is 0.787. The van der Waals surface area contributed by atoms with E-state index >= 15 is 0 Å². The molecule has 31 heavy (non-hydrogen) atoms. The van der Waals surface area contributed by atoms with Crippen LogP contribution < -0.4 is 5.32 Å². The summed E-state index contributed by atoms with van der Waals surface area (Å²) >= 11 is 0. The van der Waals surface area contributed by atoms with Crippen molar-refractivity contribution < 1.29 is 4.79 Å². The molecular formula is C25H19N5O. The number of aromatic nitrogens is 4. The molecule has 150 valence electrons. The van der Waals surface area contributed by atoms with E-state index in [2.05, 4.69) is 15.4 Å². The van der Waals surface area contributed by atoms with Crippen LogP contribution in [0, 0.1) is 0 Å². The van der Waals surface area contributed by atoms with Crippen molar-refractivity contribution in [2.45, 2.75) is 6.42 Å². The molecular weight excluding hydrogens is 386 g/mol. The summed E-state index contributed by atoms with van der Waals surface area (Å²) in [5, 5.41) is 7.60. The van der Waals surface area contributed by atoms with Crippen molar-refractivity contribution in [3.8, 4) is 17.1 Å². The number of anilines is 1. The number of carbonyl (C=O) groups excluding carboxylic acids is 1. The van der Waals surface area contributed by atoms with Gasteiger partial charge in [-0.2, -0.15) is 5.10 Å². The van der Waals surface area contributed by atoms with Crippen molar-refractivity contribution in [2.24, 2.45) is 0 Å². The number of amides is 1. The zero-order chi connectivity index (χ0) is 21.0. The molecule has 0 radical (unpaired) electrons. The van der Waals surface area contributed by atoms with E-state index in [9.17, 15) is 4.79 Å². The van der Waals surface area contributed by atoms with Crippen molar-refractivity contribution >= 4 is 22.8 Å². The molecule has 0 saturated heterocycles. The third kappa shape index (κ3) is 4.04. The summed E-state index contributed by atoms with van der Waals surface area (Å²) in [4.78, 5) is 22.1. The fraction of sp³-hybridized carbons (Fsp3) is 0.0400. The first-order chi connectivity index (χ1) is 15.3. The van der Waals surface area contributed by atoms with Crippen molar-refractivity contribution in [1.82, 2.24) is 19.7 Å². The highest BCUT2D eigenvalue weighted by molar-refractivity contribution is 5.99. The van der Waals surface area contributed by atoms with Crippen LogP contribution in [-0.4, -0.2) is 25.7 Å². The quantitative estimate of drug-likeness (QED) is 0.461. The molecule has 0 aliphatic heterocycles. The minimum atomic E-state index is -0.153. The number of para-hydroxylation sites is 1. The Kier molecular flexibility index (Phi) is 4.94. The Balaban J connectivity index is 1.57. The third-order valence-electron chi connectivity index (χ3n) is 4.88. The maximum absolute atomic E-state index is 12.7. The van der Waals surface area contributed by atoms with E-state index in [-0.39, 0.29) is 12.3 Å². The molecule has 2 aromatic heterocycles. The Morgan fingerprint density at radius 2 is 1.45 bits per heavy atom. The predicted molar refractivity (Wildman–Crippen MR) is 121 cm³/mol. The van der Waals surface area contributed by atoms with Gasteiger partial charge in [0, 0.05) is 5.56 Å². The lowest BCUT2D eigenvalue weighted by Crippen LogP contribution is -2.16. The largest absolute Gasteiger partial charge is 0.308 e. The van der Waals surface area contributed by atoms with Crippen LogP contribution in [0.2, 0.25) is 0 Å². The molecule has 6 heteroatoms. The van der Waals surface area contributed by atoms with Gasteiger partial charge in [-0.1, -0.05) is 78.9 Å². The molecule has 0 saturated carbocycles. The predicted octanol–water partition coefficient (Wildman–Crippen LogP) is 4.66. The fourth-order valence-corrected chi connectivity index (χ4v) is 3.39. The SMILES string of the molecule is O=C(Cc1ccccc1)Nc1nc(-c2ccccc2)nc2cn(-c3ccccc3)nc12. The highest BCUT2D eigenvalue weighted by Crippen LogP contribution is 2.25. The minimum absolute atomic E-state index is 0.153. The van der Waals surface area contributed by atoms with Crippen LogP contribution in [0.4, 0.5) is 5.82 Å². The van der Waals surface area contributed by atoms with Crippen LogP contribution in [-0.2, 0) is 11.2 Å². The molecule has 0 atom stereocenters. The normalized spacial score (nSPS) is 10.8. The summed E-state index contributed by atoms with van der Waals surface area (Å²) in [6.07, 6.45) is 2.11. The first-order valence-corrected chi connectivity index (χ1v) is 9.98. The number of nitrogens with one attached hydrogen (secondary N) is 1. The molecule has 5 aromatic rings. The Bertz CT molecular complexity index is 1330. The highest BCUT2D eigenvalue weighted by atomic mass is 16.1. The van der Waals surface area contributed by atoms with E-state index in [0.29, 0.717) is 22.7 Å². The zero-order valence-corrected chi connectivity index (χ0v) is 16.6. The standard InChI is InChI=1S/C25H19N5O/c31-22(16-18-10-4-1-5-11-18)27-25-23-21(17-30(29-23)20-14-8-3-9-15-20)26-24(28-25)19-12-6-2-7-13-19/h1-15,17H,16H2,(H,26,27,28,31). The maximum Gasteiger partial charge on any atom is 0.230 e. The number of nitrogens with zero attached hydrogens (tertiary/aromatic N) is 4. The Morgan fingerprint density at radius 1 is 0.806 bits per heavy atom. The topological polar surface area (TPSA) is 72.7 Å². The van der Waals surface area contributed by atoms with Crippen LogP contribution in [0.25, 0.3) is 28.1 Å². The summed E-state index contributed by atoms with van der Waals surface area (Å²) in [5.41, 5.74) is 3.92. The van der Waals surface area contributed by atoms with Crippen molar-refractivity contribution in [3.63, 3.8) is 0 Å².